The highest BCUT2D eigenvalue weighted by atomic mass is 32.2. The molecule has 0 radical (unpaired) electrons. The minimum atomic E-state index is -0.868. The number of aryl methyl sites for hydroxylation is 2. The molecular formula is C16H21NO4S. The SMILES string of the molecule is COc1c(C)cc(C(=O)N2CCSCC2CC(=O)O)cc1C. The van der Waals surface area contributed by atoms with Crippen LogP contribution in [0.1, 0.15) is 27.9 Å². The van der Waals surface area contributed by atoms with Crippen LogP contribution in [0.5, 0.6) is 5.75 Å². The lowest BCUT2D eigenvalue weighted by molar-refractivity contribution is -0.138. The maximum atomic E-state index is 12.8. The third-order valence-corrected chi connectivity index (χ3v) is 4.90. The Morgan fingerprint density at radius 1 is 1.36 bits per heavy atom. The van der Waals surface area contributed by atoms with E-state index < -0.39 is 5.97 Å². The van der Waals surface area contributed by atoms with Gasteiger partial charge in [-0.3, -0.25) is 9.59 Å². The molecule has 2 rings (SSSR count). The third kappa shape index (κ3) is 3.55. The molecule has 1 aromatic rings. The van der Waals surface area contributed by atoms with Crippen LogP contribution in [-0.2, 0) is 4.79 Å². The molecule has 0 bridgehead atoms. The number of rotatable bonds is 4. The van der Waals surface area contributed by atoms with E-state index in [0.717, 1.165) is 22.6 Å². The van der Waals surface area contributed by atoms with Gasteiger partial charge in [0, 0.05) is 23.6 Å². The van der Waals surface area contributed by atoms with Crippen molar-refractivity contribution in [1.82, 2.24) is 4.90 Å². The first-order valence-electron chi connectivity index (χ1n) is 7.19. The molecule has 5 nitrogen and oxygen atoms in total. The zero-order chi connectivity index (χ0) is 16.3. The molecule has 1 heterocycles. The smallest absolute Gasteiger partial charge is 0.305 e. The van der Waals surface area contributed by atoms with Crippen LogP contribution < -0.4 is 4.74 Å². The molecule has 0 aliphatic carbocycles. The minimum Gasteiger partial charge on any atom is -0.496 e. The van der Waals surface area contributed by atoms with E-state index in [9.17, 15) is 9.59 Å². The molecule has 0 aromatic heterocycles. The largest absolute Gasteiger partial charge is 0.496 e. The summed E-state index contributed by atoms with van der Waals surface area (Å²) in [6, 6.07) is 3.38. The van der Waals surface area contributed by atoms with Crippen LogP contribution in [0, 0.1) is 13.8 Å². The van der Waals surface area contributed by atoms with Gasteiger partial charge >= 0.3 is 5.97 Å². The molecule has 1 atom stereocenters. The van der Waals surface area contributed by atoms with Crippen molar-refractivity contribution in [3.63, 3.8) is 0 Å². The summed E-state index contributed by atoms with van der Waals surface area (Å²) in [4.78, 5) is 25.5. The van der Waals surface area contributed by atoms with Crippen molar-refractivity contribution in [3.8, 4) is 5.75 Å². The number of aliphatic carboxylic acids is 1. The molecule has 1 N–H and O–H groups in total. The summed E-state index contributed by atoms with van der Waals surface area (Å²) in [6.07, 6.45) is -0.00708. The molecule has 1 aromatic carbocycles. The zero-order valence-corrected chi connectivity index (χ0v) is 13.9. The molecule has 6 heteroatoms. The van der Waals surface area contributed by atoms with Crippen molar-refractivity contribution < 1.29 is 19.4 Å². The molecule has 0 saturated carbocycles. The Kier molecular flexibility index (Phi) is 5.34. The number of carboxylic acid groups (broad SMARTS) is 1. The Morgan fingerprint density at radius 3 is 2.55 bits per heavy atom. The predicted octanol–water partition coefficient (Wildman–Crippen LogP) is 2.34. The summed E-state index contributed by atoms with van der Waals surface area (Å²) < 4.78 is 5.32. The van der Waals surface area contributed by atoms with Gasteiger partial charge in [-0.25, -0.2) is 0 Å². The van der Waals surface area contributed by atoms with Crippen LogP contribution in [0.2, 0.25) is 0 Å². The predicted molar refractivity (Wildman–Crippen MR) is 86.9 cm³/mol. The van der Waals surface area contributed by atoms with E-state index in [1.54, 1.807) is 23.8 Å². The van der Waals surface area contributed by atoms with Gasteiger partial charge in [-0.2, -0.15) is 11.8 Å². The third-order valence-electron chi connectivity index (χ3n) is 3.81. The van der Waals surface area contributed by atoms with E-state index in [-0.39, 0.29) is 18.4 Å². The lowest BCUT2D eigenvalue weighted by Crippen LogP contribution is -2.47. The fourth-order valence-corrected chi connectivity index (χ4v) is 3.92. The molecule has 0 spiro atoms. The first-order valence-corrected chi connectivity index (χ1v) is 8.35. The Morgan fingerprint density at radius 2 is 2.00 bits per heavy atom. The van der Waals surface area contributed by atoms with Gasteiger partial charge in [0.1, 0.15) is 5.75 Å². The maximum Gasteiger partial charge on any atom is 0.305 e. The maximum absolute atomic E-state index is 12.8. The van der Waals surface area contributed by atoms with Crippen LogP contribution >= 0.6 is 11.8 Å². The van der Waals surface area contributed by atoms with Gasteiger partial charge in [0.2, 0.25) is 0 Å². The molecule has 1 saturated heterocycles. The highest BCUT2D eigenvalue weighted by molar-refractivity contribution is 7.99. The molecule has 1 aliphatic heterocycles. The number of hydrogen-bond donors (Lipinski definition) is 1. The van der Waals surface area contributed by atoms with Gasteiger partial charge in [0.25, 0.3) is 5.91 Å². The van der Waals surface area contributed by atoms with Crippen LogP contribution in [0.15, 0.2) is 12.1 Å². The van der Waals surface area contributed by atoms with E-state index in [1.807, 2.05) is 26.0 Å². The molecule has 1 unspecified atom stereocenters. The number of carboxylic acids is 1. The molecule has 1 aliphatic rings. The molecular weight excluding hydrogens is 302 g/mol. The summed E-state index contributed by atoms with van der Waals surface area (Å²) >= 11 is 1.70. The second-order valence-corrected chi connectivity index (χ2v) is 6.62. The normalized spacial score (nSPS) is 18.1. The lowest BCUT2D eigenvalue weighted by atomic mass is 10.0. The van der Waals surface area contributed by atoms with Crippen molar-refractivity contribution in [2.75, 3.05) is 25.2 Å². The molecule has 22 heavy (non-hydrogen) atoms. The molecule has 120 valence electrons. The van der Waals surface area contributed by atoms with E-state index in [0.29, 0.717) is 17.9 Å². The second-order valence-electron chi connectivity index (χ2n) is 5.47. The van der Waals surface area contributed by atoms with Gasteiger partial charge in [0.15, 0.2) is 0 Å². The van der Waals surface area contributed by atoms with Gasteiger partial charge in [-0.1, -0.05) is 0 Å². The fourth-order valence-electron chi connectivity index (χ4n) is 2.85. The molecule has 1 amide bonds. The first-order chi connectivity index (χ1) is 10.4. The minimum absolute atomic E-state index is 0.00708. The van der Waals surface area contributed by atoms with Crippen molar-refractivity contribution in [2.45, 2.75) is 26.3 Å². The van der Waals surface area contributed by atoms with Crippen LogP contribution in [0.4, 0.5) is 0 Å². The zero-order valence-electron chi connectivity index (χ0n) is 13.1. The highest BCUT2D eigenvalue weighted by Gasteiger charge is 2.29. The van der Waals surface area contributed by atoms with E-state index in [4.69, 9.17) is 9.84 Å². The number of hydrogen-bond acceptors (Lipinski definition) is 4. The van der Waals surface area contributed by atoms with Crippen molar-refractivity contribution in [1.29, 1.82) is 0 Å². The quantitative estimate of drug-likeness (QED) is 0.921. The number of benzene rings is 1. The highest BCUT2D eigenvalue weighted by Crippen LogP contribution is 2.27. The number of methoxy groups -OCH3 is 1. The lowest BCUT2D eigenvalue weighted by Gasteiger charge is -2.34. The Labute approximate surface area is 134 Å². The van der Waals surface area contributed by atoms with Crippen molar-refractivity contribution in [3.05, 3.63) is 28.8 Å². The summed E-state index contributed by atoms with van der Waals surface area (Å²) in [7, 11) is 1.61. The van der Waals surface area contributed by atoms with Crippen LogP contribution in [0.3, 0.4) is 0 Å². The van der Waals surface area contributed by atoms with Gasteiger partial charge in [-0.05, 0) is 37.1 Å². The average Bonchev–Trinajstić information content (AvgIpc) is 2.46. The molecule has 1 fully saturated rings. The number of ether oxygens (including phenoxy) is 1. The summed E-state index contributed by atoms with van der Waals surface area (Å²) in [5.41, 5.74) is 2.41. The van der Waals surface area contributed by atoms with E-state index in [1.165, 1.54) is 0 Å². The average molecular weight is 323 g/mol. The Bertz CT molecular complexity index is 565. The van der Waals surface area contributed by atoms with Gasteiger partial charge in [0.05, 0.1) is 19.6 Å². The standard InChI is InChI=1S/C16H21NO4S/c1-10-6-12(7-11(2)15(10)21-3)16(20)17-4-5-22-9-13(17)8-14(18)19/h6-7,13H,4-5,8-9H2,1-3H3,(H,18,19). The summed E-state index contributed by atoms with van der Waals surface area (Å²) in [5.74, 6) is 1.34. The van der Waals surface area contributed by atoms with Crippen molar-refractivity contribution in [2.24, 2.45) is 0 Å². The van der Waals surface area contributed by atoms with E-state index in [2.05, 4.69) is 0 Å². The van der Waals surface area contributed by atoms with Crippen LogP contribution in [0.25, 0.3) is 0 Å². The Hall–Kier alpha value is -1.69. The topological polar surface area (TPSA) is 66.8 Å². The van der Waals surface area contributed by atoms with Crippen molar-refractivity contribution >= 4 is 23.6 Å². The first kappa shape index (κ1) is 16.7. The Balaban J connectivity index is 2.27. The second kappa shape index (κ2) is 7.05. The number of carbonyl (C=O) groups excluding carboxylic acids is 1. The van der Waals surface area contributed by atoms with E-state index >= 15 is 0 Å². The fraction of sp³-hybridized carbons (Fsp3) is 0.500. The summed E-state index contributed by atoms with van der Waals surface area (Å²) in [6.45, 7) is 4.40. The number of thioether (sulfide) groups is 1. The number of amides is 1. The number of nitrogens with zero attached hydrogens (tertiary/aromatic N) is 1. The number of carbonyl (C=O) groups is 2. The summed E-state index contributed by atoms with van der Waals surface area (Å²) in [5, 5.41) is 9.03. The van der Waals surface area contributed by atoms with Crippen LogP contribution in [-0.4, -0.2) is 53.1 Å². The van der Waals surface area contributed by atoms with Gasteiger partial charge < -0.3 is 14.7 Å². The van der Waals surface area contributed by atoms with Gasteiger partial charge in [-0.15, -0.1) is 0 Å². The monoisotopic (exact) mass is 323 g/mol.